The zero-order valence-electron chi connectivity index (χ0n) is 9.35. The standard InChI is InChI=1S/C15H8ClNO/c16-11-6-3-7-12-13(11)14-15(18-12)10-5-2-1-4-9(10)8-17-14/h1-8H. The lowest BCUT2D eigenvalue weighted by Gasteiger charge is -1.96. The molecule has 0 fully saturated rings. The molecule has 0 saturated carbocycles. The van der Waals surface area contributed by atoms with Crippen molar-refractivity contribution >= 4 is 44.4 Å². The van der Waals surface area contributed by atoms with E-state index in [0.717, 1.165) is 32.8 Å². The van der Waals surface area contributed by atoms with Gasteiger partial charge in [0.2, 0.25) is 0 Å². The van der Waals surface area contributed by atoms with Gasteiger partial charge < -0.3 is 4.42 Å². The summed E-state index contributed by atoms with van der Waals surface area (Å²) in [6.45, 7) is 0. The number of rotatable bonds is 0. The Balaban J connectivity index is 2.34. The second-order valence-corrected chi connectivity index (χ2v) is 4.65. The second kappa shape index (κ2) is 3.47. The number of fused-ring (bicyclic) bond motifs is 5. The quantitative estimate of drug-likeness (QED) is 0.450. The van der Waals surface area contributed by atoms with E-state index in [4.69, 9.17) is 16.0 Å². The summed E-state index contributed by atoms with van der Waals surface area (Å²) in [5.74, 6) is 0. The van der Waals surface area contributed by atoms with Gasteiger partial charge in [0.1, 0.15) is 11.1 Å². The fraction of sp³-hybridized carbons (Fsp3) is 0. The number of hydrogen-bond donors (Lipinski definition) is 0. The first kappa shape index (κ1) is 9.92. The Morgan fingerprint density at radius 1 is 1.00 bits per heavy atom. The Hall–Kier alpha value is -2.06. The van der Waals surface area contributed by atoms with E-state index in [2.05, 4.69) is 4.98 Å². The highest BCUT2D eigenvalue weighted by atomic mass is 35.5. The van der Waals surface area contributed by atoms with Crippen LogP contribution >= 0.6 is 11.6 Å². The number of halogens is 1. The molecule has 0 aliphatic heterocycles. The minimum Gasteiger partial charge on any atom is -0.454 e. The van der Waals surface area contributed by atoms with E-state index in [0.29, 0.717) is 5.02 Å². The summed E-state index contributed by atoms with van der Waals surface area (Å²) in [5.41, 5.74) is 2.41. The van der Waals surface area contributed by atoms with Crippen LogP contribution in [-0.4, -0.2) is 4.98 Å². The van der Waals surface area contributed by atoms with Gasteiger partial charge in [-0.1, -0.05) is 41.9 Å². The maximum atomic E-state index is 6.23. The molecule has 3 heteroatoms. The van der Waals surface area contributed by atoms with Crippen molar-refractivity contribution in [3.63, 3.8) is 0 Å². The van der Waals surface area contributed by atoms with Crippen LogP contribution in [0.2, 0.25) is 5.02 Å². The van der Waals surface area contributed by atoms with Crippen LogP contribution in [-0.2, 0) is 0 Å². The summed E-state index contributed by atoms with van der Waals surface area (Å²) in [7, 11) is 0. The van der Waals surface area contributed by atoms with Gasteiger partial charge >= 0.3 is 0 Å². The van der Waals surface area contributed by atoms with Crippen LogP contribution in [0.3, 0.4) is 0 Å². The van der Waals surface area contributed by atoms with Gasteiger partial charge in [-0.2, -0.15) is 0 Å². The van der Waals surface area contributed by atoms with Gasteiger partial charge in [-0.15, -0.1) is 0 Å². The maximum absolute atomic E-state index is 6.23. The van der Waals surface area contributed by atoms with E-state index in [1.54, 1.807) is 0 Å². The lowest BCUT2D eigenvalue weighted by atomic mass is 10.1. The van der Waals surface area contributed by atoms with Gasteiger partial charge in [-0.3, -0.25) is 4.98 Å². The monoisotopic (exact) mass is 253 g/mol. The van der Waals surface area contributed by atoms with Crippen LogP contribution < -0.4 is 0 Å². The predicted octanol–water partition coefficient (Wildman–Crippen LogP) is 4.79. The Morgan fingerprint density at radius 3 is 2.83 bits per heavy atom. The molecule has 0 bridgehead atoms. The summed E-state index contributed by atoms with van der Waals surface area (Å²) in [5, 5.41) is 3.70. The Bertz CT molecular complexity index is 895. The number of hydrogen-bond acceptors (Lipinski definition) is 2. The van der Waals surface area contributed by atoms with E-state index in [1.807, 2.05) is 48.7 Å². The fourth-order valence-corrected chi connectivity index (χ4v) is 2.60. The van der Waals surface area contributed by atoms with Crippen LogP contribution in [0, 0.1) is 0 Å². The minimum atomic E-state index is 0.675. The highest BCUT2D eigenvalue weighted by molar-refractivity contribution is 6.37. The molecule has 2 aromatic carbocycles. The zero-order valence-corrected chi connectivity index (χ0v) is 10.1. The molecule has 2 aromatic heterocycles. The second-order valence-electron chi connectivity index (χ2n) is 4.24. The average Bonchev–Trinajstić information content (AvgIpc) is 2.79. The molecule has 0 saturated heterocycles. The molecule has 0 spiro atoms. The zero-order chi connectivity index (χ0) is 12.1. The predicted molar refractivity (Wildman–Crippen MR) is 74.0 cm³/mol. The Kier molecular flexibility index (Phi) is 1.91. The molecular weight excluding hydrogens is 246 g/mol. The van der Waals surface area contributed by atoms with E-state index >= 15 is 0 Å². The summed E-state index contributed by atoms with van der Waals surface area (Å²) in [6, 6.07) is 13.7. The molecule has 2 nitrogen and oxygen atoms in total. The number of furan rings is 1. The molecule has 0 aliphatic carbocycles. The van der Waals surface area contributed by atoms with Crippen molar-refractivity contribution < 1.29 is 4.42 Å². The van der Waals surface area contributed by atoms with Crippen molar-refractivity contribution in [2.75, 3.05) is 0 Å². The third kappa shape index (κ3) is 1.21. The van der Waals surface area contributed by atoms with E-state index < -0.39 is 0 Å². The molecule has 0 atom stereocenters. The normalized spacial score (nSPS) is 11.6. The number of benzene rings is 2. The molecule has 0 N–H and O–H groups in total. The van der Waals surface area contributed by atoms with Crippen molar-refractivity contribution in [1.82, 2.24) is 4.98 Å². The van der Waals surface area contributed by atoms with Crippen molar-refractivity contribution in [3.8, 4) is 0 Å². The van der Waals surface area contributed by atoms with E-state index in [1.165, 1.54) is 0 Å². The van der Waals surface area contributed by atoms with Gasteiger partial charge in [0.15, 0.2) is 5.58 Å². The van der Waals surface area contributed by atoms with Gasteiger partial charge in [0.05, 0.1) is 10.4 Å². The van der Waals surface area contributed by atoms with Crippen LogP contribution in [0.15, 0.2) is 53.1 Å². The molecule has 4 aromatic rings. The molecule has 2 heterocycles. The van der Waals surface area contributed by atoms with Crippen LogP contribution in [0.5, 0.6) is 0 Å². The van der Waals surface area contributed by atoms with E-state index in [-0.39, 0.29) is 0 Å². The lowest BCUT2D eigenvalue weighted by Crippen LogP contribution is -1.78. The minimum absolute atomic E-state index is 0.675. The first-order valence-corrected chi connectivity index (χ1v) is 6.07. The van der Waals surface area contributed by atoms with E-state index in [9.17, 15) is 0 Å². The largest absolute Gasteiger partial charge is 0.454 e. The van der Waals surface area contributed by atoms with Gasteiger partial charge in [0, 0.05) is 17.0 Å². The van der Waals surface area contributed by atoms with Gasteiger partial charge in [-0.25, -0.2) is 0 Å². The summed E-state index contributed by atoms with van der Waals surface area (Å²) in [4.78, 5) is 4.48. The smallest absolute Gasteiger partial charge is 0.161 e. The Morgan fingerprint density at radius 2 is 1.89 bits per heavy atom. The summed E-state index contributed by atoms with van der Waals surface area (Å²) < 4.78 is 5.90. The number of aromatic nitrogens is 1. The molecule has 18 heavy (non-hydrogen) atoms. The third-order valence-corrected chi connectivity index (χ3v) is 3.49. The SMILES string of the molecule is Clc1cccc2oc3c4ccccc4cnc3c12. The third-order valence-electron chi connectivity index (χ3n) is 3.18. The molecule has 0 radical (unpaired) electrons. The first-order chi connectivity index (χ1) is 8.84. The number of nitrogens with zero attached hydrogens (tertiary/aromatic N) is 1. The highest BCUT2D eigenvalue weighted by Crippen LogP contribution is 2.35. The van der Waals surface area contributed by atoms with Crippen molar-refractivity contribution in [2.45, 2.75) is 0 Å². The van der Waals surface area contributed by atoms with Crippen molar-refractivity contribution in [2.24, 2.45) is 0 Å². The molecule has 0 aliphatic rings. The van der Waals surface area contributed by atoms with Gasteiger partial charge in [0.25, 0.3) is 0 Å². The molecular formula is C15H8ClNO. The van der Waals surface area contributed by atoms with Crippen LogP contribution in [0.25, 0.3) is 32.8 Å². The van der Waals surface area contributed by atoms with Gasteiger partial charge in [-0.05, 0) is 12.1 Å². The molecule has 0 amide bonds. The van der Waals surface area contributed by atoms with Crippen molar-refractivity contribution in [3.05, 3.63) is 53.7 Å². The first-order valence-electron chi connectivity index (χ1n) is 5.69. The maximum Gasteiger partial charge on any atom is 0.161 e. The van der Waals surface area contributed by atoms with Crippen molar-refractivity contribution in [1.29, 1.82) is 0 Å². The summed E-state index contributed by atoms with van der Waals surface area (Å²) >= 11 is 6.23. The molecule has 4 rings (SSSR count). The topological polar surface area (TPSA) is 26.0 Å². The average molecular weight is 254 g/mol. The molecule has 0 unspecified atom stereocenters. The molecule has 86 valence electrons. The Labute approximate surface area is 108 Å². The number of pyridine rings is 1. The van der Waals surface area contributed by atoms with Crippen LogP contribution in [0.4, 0.5) is 0 Å². The fourth-order valence-electron chi connectivity index (χ4n) is 2.35. The lowest BCUT2D eigenvalue weighted by molar-refractivity contribution is 0.672. The highest BCUT2D eigenvalue weighted by Gasteiger charge is 2.13. The summed E-state index contributed by atoms with van der Waals surface area (Å²) in [6.07, 6.45) is 1.86. The van der Waals surface area contributed by atoms with Crippen LogP contribution in [0.1, 0.15) is 0 Å².